The molecule has 0 radical (unpaired) electrons. The molecule has 0 aliphatic heterocycles. The molecule has 0 fully saturated rings. The highest BCUT2D eigenvalue weighted by molar-refractivity contribution is 7.18. The minimum Gasteiger partial charge on any atom is -0.489 e. The Labute approximate surface area is 150 Å². The Balaban J connectivity index is 2.07. The molecule has 3 N–H and O–H groups in total. The summed E-state index contributed by atoms with van der Waals surface area (Å²) in [5.74, 6) is 0.781. The number of primary amides is 1. The van der Waals surface area contributed by atoms with E-state index in [2.05, 4.69) is 29.1 Å². The summed E-state index contributed by atoms with van der Waals surface area (Å²) in [7, 11) is 0. The standard InChI is InChI=1S/C18H20N4O2S/c1-9(2)24-14-7-12(16(19)23)5-6-13(14)22-17-15-10(3)11(4)25-18(15)21-8-20-17/h5-9H,1-4H3,(H2,19,23)(H,20,21,22). The summed E-state index contributed by atoms with van der Waals surface area (Å²) in [4.78, 5) is 22.3. The molecule has 0 bridgehead atoms. The maximum atomic E-state index is 11.5. The van der Waals surface area contributed by atoms with E-state index in [1.807, 2.05) is 13.8 Å². The number of anilines is 2. The smallest absolute Gasteiger partial charge is 0.248 e. The fraction of sp³-hybridized carbons (Fsp3) is 0.278. The van der Waals surface area contributed by atoms with Crippen molar-refractivity contribution in [3.05, 3.63) is 40.5 Å². The SMILES string of the molecule is Cc1sc2ncnc(Nc3ccc(C(N)=O)cc3OC(C)C)c2c1C. The minimum absolute atomic E-state index is 0.0424. The molecule has 0 saturated heterocycles. The summed E-state index contributed by atoms with van der Waals surface area (Å²) in [5.41, 5.74) is 7.66. The number of benzene rings is 1. The number of hydrogen-bond acceptors (Lipinski definition) is 6. The Morgan fingerprint density at radius 2 is 2.04 bits per heavy atom. The number of amides is 1. The Bertz CT molecular complexity index is 950. The van der Waals surface area contributed by atoms with Gasteiger partial charge in [0.2, 0.25) is 5.91 Å². The van der Waals surface area contributed by atoms with Crippen LogP contribution in [0.3, 0.4) is 0 Å². The predicted octanol–water partition coefficient (Wildman–Crippen LogP) is 3.94. The molecule has 0 aliphatic rings. The number of carbonyl (C=O) groups excluding carboxylic acids is 1. The molecule has 3 rings (SSSR count). The molecule has 130 valence electrons. The van der Waals surface area contributed by atoms with Crippen molar-refractivity contribution in [2.24, 2.45) is 5.73 Å². The first-order chi connectivity index (χ1) is 11.9. The molecule has 7 heteroatoms. The number of nitrogens with one attached hydrogen (secondary N) is 1. The number of thiophene rings is 1. The van der Waals surface area contributed by atoms with Crippen molar-refractivity contribution in [1.29, 1.82) is 0 Å². The fourth-order valence-corrected chi connectivity index (χ4v) is 3.53. The van der Waals surface area contributed by atoms with Crippen molar-refractivity contribution in [2.45, 2.75) is 33.8 Å². The van der Waals surface area contributed by atoms with Gasteiger partial charge in [-0.3, -0.25) is 4.79 Å². The lowest BCUT2D eigenvalue weighted by Crippen LogP contribution is -2.13. The van der Waals surface area contributed by atoms with Gasteiger partial charge in [-0.25, -0.2) is 9.97 Å². The summed E-state index contributed by atoms with van der Waals surface area (Å²) in [6.45, 7) is 7.98. The van der Waals surface area contributed by atoms with Crippen LogP contribution < -0.4 is 15.8 Å². The zero-order valence-corrected chi connectivity index (χ0v) is 15.4. The molecule has 6 nitrogen and oxygen atoms in total. The largest absolute Gasteiger partial charge is 0.489 e. The van der Waals surface area contributed by atoms with Crippen molar-refractivity contribution in [2.75, 3.05) is 5.32 Å². The third kappa shape index (κ3) is 3.41. The molecule has 3 aromatic rings. The number of carbonyl (C=O) groups is 1. The van der Waals surface area contributed by atoms with Crippen LogP contribution in [0.25, 0.3) is 10.2 Å². The van der Waals surface area contributed by atoms with Crippen molar-refractivity contribution in [3.8, 4) is 5.75 Å². The second kappa shape index (κ2) is 6.68. The molecule has 1 amide bonds. The van der Waals surface area contributed by atoms with Crippen LogP contribution in [-0.2, 0) is 0 Å². The first kappa shape index (κ1) is 17.2. The molecule has 2 aromatic heterocycles. The van der Waals surface area contributed by atoms with Crippen LogP contribution in [0.5, 0.6) is 5.75 Å². The minimum atomic E-state index is -0.492. The summed E-state index contributed by atoms with van der Waals surface area (Å²) in [6.07, 6.45) is 1.50. The van der Waals surface area contributed by atoms with Gasteiger partial charge in [0, 0.05) is 10.4 Å². The molecule has 0 atom stereocenters. The zero-order valence-electron chi connectivity index (χ0n) is 14.6. The number of hydrogen-bond donors (Lipinski definition) is 2. The lowest BCUT2D eigenvalue weighted by molar-refractivity contribution is 0.0999. The van der Waals surface area contributed by atoms with E-state index < -0.39 is 5.91 Å². The Kier molecular flexibility index (Phi) is 4.59. The Hall–Kier alpha value is -2.67. The monoisotopic (exact) mass is 356 g/mol. The number of nitrogens with two attached hydrogens (primary N) is 1. The predicted molar refractivity (Wildman–Crippen MR) is 101 cm³/mol. The number of rotatable bonds is 5. The highest BCUT2D eigenvalue weighted by atomic mass is 32.1. The molecule has 25 heavy (non-hydrogen) atoms. The first-order valence-electron chi connectivity index (χ1n) is 7.95. The van der Waals surface area contributed by atoms with Gasteiger partial charge in [0.1, 0.15) is 22.7 Å². The van der Waals surface area contributed by atoms with E-state index in [0.717, 1.165) is 21.5 Å². The van der Waals surface area contributed by atoms with Crippen LogP contribution in [0.1, 0.15) is 34.6 Å². The Morgan fingerprint density at radius 1 is 1.28 bits per heavy atom. The summed E-state index contributed by atoms with van der Waals surface area (Å²) < 4.78 is 5.84. The molecule has 0 saturated carbocycles. The number of fused-ring (bicyclic) bond motifs is 1. The molecule has 2 heterocycles. The van der Waals surface area contributed by atoms with Crippen molar-refractivity contribution >= 4 is 39.0 Å². The van der Waals surface area contributed by atoms with Crippen LogP contribution in [0, 0.1) is 13.8 Å². The van der Waals surface area contributed by atoms with Gasteiger partial charge in [-0.2, -0.15) is 0 Å². The van der Waals surface area contributed by atoms with E-state index >= 15 is 0 Å². The van der Waals surface area contributed by atoms with Crippen LogP contribution in [0.4, 0.5) is 11.5 Å². The maximum absolute atomic E-state index is 11.5. The number of ether oxygens (including phenoxy) is 1. The molecule has 1 aromatic carbocycles. The summed E-state index contributed by atoms with van der Waals surface area (Å²) in [5, 5.41) is 4.32. The van der Waals surface area contributed by atoms with E-state index in [4.69, 9.17) is 10.5 Å². The van der Waals surface area contributed by atoms with Crippen molar-refractivity contribution in [3.63, 3.8) is 0 Å². The van der Waals surface area contributed by atoms with Gasteiger partial charge in [-0.05, 0) is 51.5 Å². The summed E-state index contributed by atoms with van der Waals surface area (Å²) in [6, 6.07) is 5.09. The lowest BCUT2D eigenvalue weighted by atomic mass is 10.1. The van der Waals surface area contributed by atoms with Crippen LogP contribution >= 0.6 is 11.3 Å². The molecule has 0 unspecified atom stereocenters. The van der Waals surface area contributed by atoms with Gasteiger partial charge in [0.15, 0.2) is 0 Å². The average Bonchev–Trinajstić information content (AvgIpc) is 2.84. The topological polar surface area (TPSA) is 90.1 Å². The van der Waals surface area contributed by atoms with Gasteiger partial charge in [0.05, 0.1) is 17.2 Å². The lowest BCUT2D eigenvalue weighted by Gasteiger charge is -2.16. The Morgan fingerprint density at radius 3 is 2.72 bits per heavy atom. The normalized spacial score (nSPS) is 11.1. The van der Waals surface area contributed by atoms with E-state index in [1.54, 1.807) is 35.9 Å². The van der Waals surface area contributed by atoms with Crippen LogP contribution in [0.15, 0.2) is 24.5 Å². The van der Waals surface area contributed by atoms with Gasteiger partial charge in [0.25, 0.3) is 0 Å². The van der Waals surface area contributed by atoms with Gasteiger partial charge < -0.3 is 15.8 Å². The number of aryl methyl sites for hydroxylation is 2. The molecule has 0 spiro atoms. The van der Waals surface area contributed by atoms with E-state index in [1.165, 1.54) is 4.88 Å². The second-order valence-corrected chi connectivity index (χ2v) is 7.26. The third-order valence-electron chi connectivity index (χ3n) is 3.85. The fourth-order valence-electron chi connectivity index (χ4n) is 2.54. The highest BCUT2D eigenvalue weighted by Crippen LogP contribution is 2.36. The van der Waals surface area contributed by atoms with Crippen molar-refractivity contribution < 1.29 is 9.53 Å². The van der Waals surface area contributed by atoms with Gasteiger partial charge in [-0.15, -0.1) is 11.3 Å². The molecular formula is C18H20N4O2S. The molecule has 0 aliphatic carbocycles. The van der Waals surface area contributed by atoms with E-state index in [-0.39, 0.29) is 6.10 Å². The number of aromatic nitrogens is 2. The second-order valence-electron chi connectivity index (χ2n) is 6.05. The first-order valence-corrected chi connectivity index (χ1v) is 8.76. The van der Waals surface area contributed by atoms with Crippen LogP contribution in [-0.4, -0.2) is 22.0 Å². The third-order valence-corrected chi connectivity index (χ3v) is 4.96. The quantitative estimate of drug-likeness (QED) is 0.723. The summed E-state index contributed by atoms with van der Waals surface area (Å²) >= 11 is 1.64. The van der Waals surface area contributed by atoms with E-state index in [0.29, 0.717) is 17.1 Å². The van der Waals surface area contributed by atoms with Crippen LogP contribution in [0.2, 0.25) is 0 Å². The average molecular weight is 356 g/mol. The maximum Gasteiger partial charge on any atom is 0.248 e. The van der Waals surface area contributed by atoms with Gasteiger partial charge >= 0.3 is 0 Å². The van der Waals surface area contributed by atoms with E-state index in [9.17, 15) is 4.79 Å². The highest BCUT2D eigenvalue weighted by Gasteiger charge is 2.15. The number of nitrogens with zero attached hydrogens (tertiary/aromatic N) is 2. The molecular weight excluding hydrogens is 336 g/mol. The van der Waals surface area contributed by atoms with Crippen molar-refractivity contribution in [1.82, 2.24) is 9.97 Å². The zero-order chi connectivity index (χ0) is 18.1. The van der Waals surface area contributed by atoms with Gasteiger partial charge in [-0.1, -0.05) is 0 Å².